The molecule has 0 heterocycles. The minimum Gasteiger partial charge on any atom is -0.390 e. The first-order valence-electron chi connectivity index (χ1n) is 14.9. The van der Waals surface area contributed by atoms with Crippen molar-refractivity contribution in [1.29, 1.82) is 0 Å². The van der Waals surface area contributed by atoms with E-state index in [1.807, 2.05) is 0 Å². The first-order chi connectivity index (χ1) is 21.5. The molecule has 0 aromatic carbocycles. The highest BCUT2D eigenvalue weighted by molar-refractivity contribution is 8.03. The summed E-state index contributed by atoms with van der Waals surface area (Å²) >= 11 is 0. The highest BCUT2D eigenvalue weighted by atomic mass is 32.3. The molecule has 24 heteroatoms. The summed E-state index contributed by atoms with van der Waals surface area (Å²) in [6.07, 6.45) is 3.50. The SMILES string of the molecule is O=S(=O)(NS(=O)(=O)C(F)(F)F)OCC12CC3CC(O)(C1)CC(OCC14CC5CC(C1)CC(OS(=O)(=O)NS(=O)(=O)C(F)(F)F)(C5)C4)(C3)C2. The van der Waals surface area contributed by atoms with Crippen molar-refractivity contribution in [3.8, 4) is 0 Å². The zero-order valence-corrected chi connectivity index (χ0v) is 28.2. The van der Waals surface area contributed by atoms with Crippen LogP contribution in [0.1, 0.15) is 77.0 Å². The molecular weight excluding hydrogens is 751 g/mol. The van der Waals surface area contributed by atoms with Gasteiger partial charge in [0.15, 0.2) is 0 Å². The fourth-order valence-corrected chi connectivity index (χ4v) is 14.9. The van der Waals surface area contributed by atoms with E-state index in [4.69, 9.17) is 13.1 Å². The summed E-state index contributed by atoms with van der Waals surface area (Å²) < 4.78 is 190. The van der Waals surface area contributed by atoms with Crippen LogP contribution in [0.5, 0.6) is 0 Å². The molecule has 0 spiro atoms. The molecule has 0 aromatic rings. The Morgan fingerprint density at radius 1 is 0.604 bits per heavy atom. The lowest BCUT2D eigenvalue weighted by Crippen LogP contribution is -2.66. The third-order valence-electron chi connectivity index (χ3n) is 10.8. The Morgan fingerprint density at radius 3 is 1.65 bits per heavy atom. The van der Waals surface area contributed by atoms with Crippen LogP contribution in [0.3, 0.4) is 0 Å². The first-order valence-corrected chi connectivity index (χ1v) is 20.7. The summed E-state index contributed by atoms with van der Waals surface area (Å²) in [4.78, 5) is 0. The number of hydrogen-bond donors (Lipinski definition) is 3. The zero-order valence-electron chi connectivity index (χ0n) is 25.0. The maximum absolute atomic E-state index is 12.9. The van der Waals surface area contributed by atoms with Crippen LogP contribution in [0.15, 0.2) is 0 Å². The van der Waals surface area contributed by atoms with Crippen molar-refractivity contribution < 1.29 is 78.2 Å². The lowest BCUT2D eigenvalue weighted by atomic mass is 9.46. The van der Waals surface area contributed by atoms with Gasteiger partial charge in [-0.1, -0.05) is 8.25 Å². The predicted molar refractivity (Wildman–Crippen MR) is 148 cm³/mol. The monoisotopic (exact) mass is 784 g/mol. The molecule has 8 fully saturated rings. The average Bonchev–Trinajstić information content (AvgIpc) is 2.81. The van der Waals surface area contributed by atoms with E-state index < -0.39 is 85.9 Å². The van der Waals surface area contributed by atoms with Gasteiger partial charge in [-0.3, -0.25) is 8.37 Å². The first kappa shape index (κ1) is 36.9. The molecule has 8 saturated carbocycles. The van der Waals surface area contributed by atoms with Gasteiger partial charge in [-0.05, 0) is 93.8 Å². The molecule has 8 bridgehead atoms. The van der Waals surface area contributed by atoms with E-state index in [9.17, 15) is 65.1 Å². The van der Waals surface area contributed by atoms with Gasteiger partial charge in [-0.2, -0.15) is 43.2 Å². The number of rotatable bonds is 12. The molecule has 48 heavy (non-hydrogen) atoms. The van der Waals surface area contributed by atoms with Crippen molar-refractivity contribution in [3.63, 3.8) is 0 Å². The zero-order chi connectivity index (χ0) is 35.7. The molecule has 14 nitrogen and oxygen atoms in total. The second-order valence-corrected chi connectivity index (χ2v) is 21.7. The Kier molecular flexibility index (Phi) is 8.33. The van der Waals surface area contributed by atoms with Gasteiger partial charge in [0, 0.05) is 11.8 Å². The number of sulfonamides is 2. The van der Waals surface area contributed by atoms with Crippen molar-refractivity contribution >= 4 is 40.7 Å². The normalized spacial score (nSPS) is 41.3. The van der Waals surface area contributed by atoms with E-state index in [2.05, 4.69) is 0 Å². The van der Waals surface area contributed by atoms with E-state index in [1.165, 1.54) is 0 Å². The van der Waals surface area contributed by atoms with E-state index in [0.717, 1.165) is 0 Å². The molecule has 6 unspecified atom stereocenters. The van der Waals surface area contributed by atoms with E-state index in [-0.39, 0.29) is 62.9 Å². The van der Waals surface area contributed by atoms with Crippen molar-refractivity contribution in [3.05, 3.63) is 0 Å². The average molecular weight is 785 g/mol. The van der Waals surface area contributed by atoms with Crippen LogP contribution < -0.4 is 8.25 Å². The van der Waals surface area contributed by atoms with Crippen molar-refractivity contribution in [2.75, 3.05) is 13.2 Å². The van der Waals surface area contributed by atoms with Gasteiger partial charge in [0.25, 0.3) is 0 Å². The van der Waals surface area contributed by atoms with Crippen LogP contribution in [0, 0.1) is 28.6 Å². The summed E-state index contributed by atoms with van der Waals surface area (Å²) in [6, 6.07) is 0. The molecule has 8 aliphatic rings. The second-order valence-electron chi connectivity index (χ2n) is 15.2. The highest BCUT2D eigenvalue weighted by Gasteiger charge is 2.66. The van der Waals surface area contributed by atoms with Crippen LogP contribution in [0.2, 0.25) is 0 Å². The Balaban J connectivity index is 1.18. The number of aliphatic hydroxyl groups is 1. The molecule has 3 N–H and O–H groups in total. The van der Waals surface area contributed by atoms with Crippen LogP contribution in [0.25, 0.3) is 0 Å². The van der Waals surface area contributed by atoms with E-state index >= 15 is 0 Å². The van der Waals surface area contributed by atoms with Crippen molar-refractivity contribution in [1.82, 2.24) is 8.25 Å². The van der Waals surface area contributed by atoms with Gasteiger partial charge in [0.1, 0.15) is 0 Å². The molecule has 6 atom stereocenters. The summed E-state index contributed by atoms with van der Waals surface area (Å²) in [5.41, 5.74) is -17.6. The summed E-state index contributed by atoms with van der Waals surface area (Å²) in [6.45, 7) is -0.736. The number of halogens is 6. The lowest BCUT2D eigenvalue weighted by molar-refractivity contribution is -0.269. The van der Waals surface area contributed by atoms with Gasteiger partial charge < -0.3 is 9.84 Å². The number of nitrogens with one attached hydrogen (secondary N) is 2. The molecule has 8 aliphatic carbocycles. The Hall–Kier alpha value is -0.860. The minimum absolute atomic E-state index is 0.00283. The maximum atomic E-state index is 12.9. The standard InChI is InChI=1S/C24H34F6N2O12S4/c25-23(26,27)45(34,35)31-47(38,39)43-14-19-4-17-5-20(33,9-19)12-22(8-17,11-19)42-13-18-2-15-1-16(3-18)7-21(6-15,10-18)44-48(40,41)32-46(36,37)24(28,29)30/h15-17,31-33H,1-14H2. The molecule has 0 saturated heterocycles. The van der Waals surface area contributed by atoms with E-state index in [1.54, 1.807) is 0 Å². The third kappa shape index (κ3) is 6.99. The van der Waals surface area contributed by atoms with Gasteiger partial charge >= 0.3 is 51.7 Å². The van der Waals surface area contributed by atoms with Crippen molar-refractivity contribution in [2.45, 2.75) is 105 Å². The quantitative estimate of drug-likeness (QED) is 0.244. The second kappa shape index (κ2) is 10.8. The van der Waals surface area contributed by atoms with Gasteiger partial charge in [-0.15, -0.1) is 0 Å². The fraction of sp³-hybridized carbons (Fsp3) is 1.00. The van der Waals surface area contributed by atoms with Crippen LogP contribution >= 0.6 is 0 Å². The highest BCUT2D eigenvalue weighted by Crippen LogP contribution is 2.67. The van der Waals surface area contributed by atoms with Crippen LogP contribution in [-0.2, 0) is 53.8 Å². The number of alkyl halides is 6. The molecule has 0 amide bonds. The Morgan fingerprint density at radius 2 is 1.10 bits per heavy atom. The summed E-state index contributed by atoms with van der Waals surface area (Å²) in [5, 5.41) is 11.5. The number of ether oxygens (including phenoxy) is 1. The van der Waals surface area contributed by atoms with Gasteiger partial charge in [0.05, 0.1) is 30.0 Å². The van der Waals surface area contributed by atoms with Crippen LogP contribution in [-0.4, -0.2) is 79.8 Å². The third-order valence-corrected chi connectivity index (χ3v) is 16.4. The predicted octanol–water partition coefficient (Wildman–Crippen LogP) is 2.20. The number of hydrogen-bond acceptors (Lipinski definition) is 12. The molecule has 0 aliphatic heterocycles. The van der Waals surface area contributed by atoms with Crippen molar-refractivity contribution in [2.24, 2.45) is 28.6 Å². The Labute approximate surface area is 273 Å². The minimum atomic E-state index is -6.29. The van der Waals surface area contributed by atoms with Gasteiger partial charge in [0.2, 0.25) is 0 Å². The lowest BCUT2D eigenvalue weighted by Gasteiger charge is -2.65. The van der Waals surface area contributed by atoms with Gasteiger partial charge in [-0.25, -0.2) is 16.8 Å². The Bertz CT molecular complexity index is 1770. The molecule has 278 valence electrons. The molecule has 0 aromatic heterocycles. The topological polar surface area (TPSA) is 209 Å². The molecule has 8 rings (SSSR count). The fourth-order valence-electron chi connectivity index (χ4n) is 10.6. The summed E-state index contributed by atoms with van der Waals surface area (Å²) in [5.74, 6) is -0.409. The summed E-state index contributed by atoms with van der Waals surface area (Å²) in [7, 11) is -23.4. The van der Waals surface area contributed by atoms with Crippen LogP contribution in [0.4, 0.5) is 26.3 Å². The van der Waals surface area contributed by atoms with E-state index in [0.29, 0.717) is 46.8 Å². The largest absolute Gasteiger partial charge is 0.512 e. The molecule has 0 radical (unpaired) electrons. The smallest absolute Gasteiger partial charge is 0.390 e. The molecular formula is C24H34F6N2O12S4. The maximum Gasteiger partial charge on any atom is 0.512 e.